The average molecular weight is 577 g/mol. The maximum atomic E-state index is 12.4. The zero-order chi connectivity index (χ0) is 30.5. The molecule has 0 atom stereocenters. The van der Waals surface area contributed by atoms with E-state index in [1.807, 2.05) is 70.8 Å². The van der Waals surface area contributed by atoms with Crippen LogP contribution in [0.15, 0.2) is 86.0 Å². The van der Waals surface area contributed by atoms with Gasteiger partial charge in [0.25, 0.3) is 0 Å². The molecule has 220 valence electrons. The summed E-state index contributed by atoms with van der Waals surface area (Å²) in [6.07, 6.45) is 8.69. The van der Waals surface area contributed by atoms with Crippen LogP contribution < -0.4 is 20.3 Å². The third-order valence-electron chi connectivity index (χ3n) is 7.21. The highest BCUT2D eigenvalue weighted by molar-refractivity contribution is 6.02. The summed E-state index contributed by atoms with van der Waals surface area (Å²) in [5.74, 6) is 0.646. The molecule has 2 N–H and O–H groups in total. The second-order valence-corrected chi connectivity index (χ2v) is 10.5. The number of aryl methyl sites for hydroxylation is 1. The number of methoxy groups -OCH3 is 1. The number of nitrogens with zero attached hydrogens (tertiary/aromatic N) is 6. The van der Waals surface area contributed by atoms with E-state index in [1.54, 1.807) is 19.5 Å². The molecule has 10 heteroatoms. The van der Waals surface area contributed by atoms with Crippen molar-refractivity contribution in [2.75, 3.05) is 56.9 Å². The quantitative estimate of drug-likeness (QED) is 0.197. The van der Waals surface area contributed by atoms with Crippen LogP contribution >= 0.6 is 0 Å². The molecule has 0 bridgehead atoms. The van der Waals surface area contributed by atoms with Gasteiger partial charge in [0.1, 0.15) is 5.75 Å². The highest BCUT2D eigenvalue weighted by Gasteiger charge is 2.19. The van der Waals surface area contributed by atoms with Crippen LogP contribution in [0.1, 0.15) is 0 Å². The van der Waals surface area contributed by atoms with E-state index in [9.17, 15) is 4.79 Å². The van der Waals surface area contributed by atoms with E-state index in [0.717, 1.165) is 52.1 Å². The van der Waals surface area contributed by atoms with E-state index in [2.05, 4.69) is 59.9 Å². The van der Waals surface area contributed by atoms with E-state index in [4.69, 9.17) is 9.72 Å². The Morgan fingerprint density at radius 3 is 2.58 bits per heavy atom. The number of para-hydroxylation sites is 1. The van der Waals surface area contributed by atoms with Crippen LogP contribution in [0.5, 0.6) is 5.75 Å². The lowest BCUT2D eigenvalue weighted by Crippen LogP contribution is -2.29. The monoisotopic (exact) mass is 576 g/mol. The van der Waals surface area contributed by atoms with E-state index in [1.165, 1.54) is 6.08 Å². The van der Waals surface area contributed by atoms with Crippen LogP contribution in [-0.4, -0.2) is 71.7 Å². The summed E-state index contributed by atoms with van der Waals surface area (Å²) in [4.78, 5) is 30.6. The minimum Gasteiger partial charge on any atom is -0.494 e. The smallest absolute Gasteiger partial charge is 0.247 e. The van der Waals surface area contributed by atoms with Gasteiger partial charge in [0, 0.05) is 85.6 Å². The van der Waals surface area contributed by atoms with Gasteiger partial charge in [0.05, 0.1) is 29.9 Å². The van der Waals surface area contributed by atoms with Gasteiger partial charge in [-0.2, -0.15) is 0 Å². The zero-order valence-electron chi connectivity index (χ0n) is 25.1. The van der Waals surface area contributed by atoms with Crippen molar-refractivity contribution in [3.8, 4) is 28.1 Å². The molecular formula is C33H36N8O2. The molecule has 0 aliphatic heterocycles. The van der Waals surface area contributed by atoms with Gasteiger partial charge in [-0.3, -0.25) is 9.78 Å². The number of benzene rings is 2. The predicted molar refractivity (Wildman–Crippen MR) is 174 cm³/mol. The average Bonchev–Trinajstić information content (AvgIpc) is 3.36. The lowest BCUT2D eigenvalue weighted by atomic mass is 10.0. The van der Waals surface area contributed by atoms with Crippen molar-refractivity contribution in [2.45, 2.75) is 0 Å². The largest absolute Gasteiger partial charge is 0.494 e. The number of nitrogens with one attached hydrogen (secondary N) is 2. The number of amides is 1. The Labute approximate surface area is 251 Å². The van der Waals surface area contributed by atoms with Gasteiger partial charge in [0.15, 0.2) is 0 Å². The Kier molecular flexibility index (Phi) is 8.68. The number of carbonyl (C=O) groups excluding carboxylic acids is 1. The molecule has 0 fully saturated rings. The van der Waals surface area contributed by atoms with Crippen molar-refractivity contribution in [1.82, 2.24) is 24.4 Å². The van der Waals surface area contributed by atoms with Crippen molar-refractivity contribution >= 4 is 39.8 Å². The van der Waals surface area contributed by atoms with Gasteiger partial charge in [-0.05, 0) is 38.4 Å². The first kappa shape index (κ1) is 29.3. The van der Waals surface area contributed by atoms with E-state index in [-0.39, 0.29) is 5.91 Å². The molecule has 0 unspecified atom stereocenters. The number of pyridine rings is 1. The second kappa shape index (κ2) is 12.7. The van der Waals surface area contributed by atoms with Crippen molar-refractivity contribution in [3.63, 3.8) is 0 Å². The zero-order valence-corrected chi connectivity index (χ0v) is 25.1. The topological polar surface area (TPSA) is 100 Å². The number of fused-ring (bicyclic) bond motifs is 1. The van der Waals surface area contributed by atoms with Crippen molar-refractivity contribution in [1.29, 1.82) is 0 Å². The van der Waals surface area contributed by atoms with Crippen LogP contribution in [0.4, 0.5) is 23.0 Å². The maximum absolute atomic E-state index is 12.4. The fourth-order valence-electron chi connectivity index (χ4n) is 4.94. The van der Waals surface area contributed by atoms with Gasteiger partial charge in [0.2, 0.25) is 11.9 Å². The molecular weight excluding hydrogens is 540 g/mol. The number of anilines is 4. The fourth-order valence-corrected chi connectivity index (χ4v) is 4.94. The summed E-state index contributed by atoms with van der Waals surface area (Å²) in [6, 6.07) is 15.9. The van der Waals surface area contributed by atoms with Gasteiger partial charge in [-0.15, -0.1) is 0 Å². The highest BCUT2D eigenvalue weighted by atomic mass is 16.5. The summed E-state index contributed by atoms with van der Waals surface area (Å²) in [6.45, 7) is 5.19. The molecule has 10 nitrogen and oxygen atoms in total. The number of hydrogen-bond acceptors (Lipinski definition) is 8. The molecule has 0 radical (unpaired) electrons. The van der Waals surface area contributed by atoms with Crippen LogP contribution in [0.2, 0.25) is 0 Å². The predicted octanol–water partition coefficient (Wildman–Crippen LogP) is 5.57. The Balaban J connectivity index is 1.61. The summed E-state index contributed by atoms with van der Waals surface area (Å²) >= 11 is 0. The van der Waals surface area contributed by atoms with Gasteiger partial charge in [-0.1, -0.05) is 30.8 Å². The molecule has 5 rings (SSSR count). The summed E-state index contributed by atoms with van der Waals surface area (Å²) < 4.78 is 7.88. The number of hydrogen-bond donors (Lipinski definition) is 2. The third kappa shape index (κ3) is 6.34. The van der Waals surface area contributed by atoms with Crippen LogP contribution in [-0.2, 0) is 11.8 Å². The van der Waals surface area contributed by atoms with Crippen LogP contribution in [0.25, 0.3) is 33.3 Å². The first-order valence-electron chi connectivity index (χ1n) is 13.9. The van der Waals surface area contributed by atoms with Gasteiger partial charge >= 0.3 is 0 Å². The Bertz CT molecular complexity index is 1760. The number of rotatable bonds is 11. The van der Waals surface area contributed by atoms with Crippen LogP contribution in [0, 0.1) is 0 Å². The van der Waals surface area contributed by atoms with Crippen LogP contribution in [0.3, 0.4) is 0 Å². The fraction of sp³-hybridized carbons (Fsp3) is 0.212. The first-order valence-corrected chi connectivity index (χ1v) is 13.9. The van der Waals surface area contributed by atoms with E-state index < -0.39 is 0 Å². The van der Waals surface area contributed by atoms with Crippen molar-refractivity contribution < 1.29 is 9.53 Å². The number of ether oxygens (including phenoxy) is 1. The molecule has 0 spiro atoms. The Morgan fingerprint density at radius 1 is 1.05 bits per heavy atom. The number of carbonyl (C=O) groups is 1. The van der Waals surface area contributed by atoms with E-state index >= 15 is 0 Å². The Morgan fingerprint density at radius 2 is 1.86 bits per heavy atom. The molecule has 0 saturated carbocycles. The Hall–Kier alpha value is -5.22. The minimum absolute atomic E-state index is 0.311. The third-order valence-corrected chi connectivity index (χ3v) is 7.21. The second-order valence-electron chi connectivity index (χ2n) is 10.5. The maximum Gasteiger partial charge on any atom is 0.247 e. The van der Waals surface area contributed by atoms with Gasteiger partial charge in [-0.25, -0.2) is 9.97 Å². The number of aromatic nitrogens is 4. The van der Waals surface area contributed by atoms with Crippen molar-refractivity contribution in [3.05, 3.63) is 86.0 Å². The minimum atomic E-state index is -0.311. The highest BCUT2D eigenvalue weighted by Crippen LogP contribution is 2.40. The SMILES string of the molecule is C=CC(=O)Nc1cc(Nc2ncc(-c3cccnc3)c(-c3cn(C)c4ccccc34)n2)c(OC)cc1N(C)CCN(C)C. The first-order chi connectivity index (χ1) is 20.8. The summed E-state index contributed by atoms with van der Waals surface area (Å²) in [5, 5.41) is 7.36. The molecule has 1 amide bonds. The van der Waals surface area contributed by atoms with Crippen molar-refractivity contribution in [2.24, 2.45) is 7.05 Å². The molecule has 3 aromatic heterocycles. The molecule has 3 heterocycles. The lowest BCUT2D eigenvalue weighted by molar-refractivity contribution is -0.111. The molecule has 2 aromatic carbocycles. The van der Waals surface area contributed by atoms with E-state index in [0.29, 0.717) is 23.1 Å². The molecule has 0 saturated heterocycles. The lowest BCUT2D eigenvalue weighted by Gasteiger charge is -2.26. The number of likely N-dealkylation sites (N-methyl/N-ethyl adjacent to an activating group) is 2. The van der Waals surface area contributed by atoms with Gasteiger partial charge < -0.3 is 29.7 Å². The summed E-state index contributed by atoms with van der Waals surface area (Å²) in [5.41, 5.74) is 6.63. The molecule has 0 aliphatic carbocycles. The molecule has 43 heavy (non-hydrogen) atoms. The summed E-state index contributed by atoms with van der Waals surface area (Å²) in [7, 11) is 9.66. The molecule has 0 aliphatic rings. The molecule has 5 aromatic rings. The standard InChI is InChI=1S/C33H36N8O2/c1-7-31(42)36-26-17-27(30(43-6)18-29(26)40(4)16-15-39(2)3)37-33-35-20-24(22-11-10-14-34-19-22)32(38-33)25-21-41(5)28-13-9-8-12-23(25)28/h7-14,17-21H,1,15-16H2,2-6H3,(H,36,42)(H,35,37,38). The normalized spacial score (nSPS) is 11.0.